The third-order valence-electron chi connectivity index (χ3n) is 4.40. The molecular weight excluding hydrogens is 320 g/mol. The molecule has 0 aliphatic carbocycles. The fourth-order valence-corrected chi connectivity index (χ4v) is 2.83. The zero-order valence-electron chi connectivity index (χ0n) is 14.9. The van der Waals surface area contributed by atoms with Gasteiger partial charge in [-0.15, -0.1) is 0 Å². The molecular formula is C24H24O2. The predicted octanol–water partition coefficient (Wildman–Crippen LogP) is 5.40. The van der Waals surface area contributed by atoms with Crippen LogP contribution in [0, 0.1) is 0 Å². The molecule has 26 heavy (non-hydrogen) atoms. The highest BCUT2D eigenvalue weighted by molar-refractivity contribution is 5.78. The summed E-state index contributed by atoms with van der Waals surface area (Å²) in [6, 6.07) is 28.3. The second-order valence-electron chi connectivity index (χ2n) is 6.44. The minimum atomic E-state index is 0.318. The third-order valence-corrected chi connectivity index (χ3v) is 4.40. The maximum atomic E-state index is 12.1. The first-order valence-corrected chi connectivity index (χ1v) is 9.11. The maximum Gasteiger partial charge on any atom is 0.133 e. The number of benzene rings is 3. The Morgan fingerprint density at radius 2 is 1.12 bits per heavy atom. The van der Waals surface area contributed by atoms with Crippen molar-refractivity contribution in [2.45, 2.75) is 32.3 Å². The number of ether oxygens (including phenoxy) is 1. The standard InChI is InChI=1S/C24H24O2/c25-23(15-11-20-7-3-1-4-8-20)16-12-21-13-17-24(18-14-21)26-19-22-9-5-2-6-10-22/h1-10,13-14,17-18H,11-12,15-16,19H2. The molecule has 0 saturated heterocycles. The molecule has 0 atom stereocenters. The van der Waals surface area contributed by atoms with Crippen molar-refractivity contribution in [3.63, 3.8) is 0 Å². The average Bonchev–Trinajstić information content (AvgIpc) is 2.71. The fraction of sp³-hybridized carbons (Fsp3) is 0.208. The molecule has 0 spiro atoms. The van der Waals surface area contributed by atoms with E-state index in [2.05, 4.69) is 24.3 Å². The lowest BCUT2D eigenvalue weighted by Gasteiger charge is -2.07. The van der Waals surface area contributed by atoms with Gasteiger partial charge < -0.3 is 4.74 Å². The van der Waals surface area contributed by atoms with Gasteiger partial charge in [-0.25, -0.2) is 0 Å². The van der Waals surface area contributed by atoms with E-state index >= 15 is 0 Å². The van der Waals surface area contributed by atoms with Gasteiger partial charge in [-0.05, 0) is 41.7 Å². The molecule has 3 aromatic rings. The Bertz CT molecular complexity index is 793. The first-order valence-electron chi connectivity index (χ1n) is 9.11. The number of hydrogen-bond acceptors (Lipinski definition) is 2. The smallest absolute Gasteiger partial charge is 0.133 e. The quantitative estimate of drug-likeness (QED) is 0.519. The maximum absolute atomic E-state index is 12.1. The first kappa shape index (κ1) is 17.9. The minimum absolute atomic E-state index is 0.318. The van der Waals surface area contributed by atoms with Gasteiger partial charge >= 0.3 is 0 Å². The second kappa shape index (κ2) is 9.57. The van der Waals surface area contributed by atoms with Crippen LogP contribution in [0.25, 0.3) is 0 Å². The SMILES string of the molecule is O=C(CCc1ccccc1)CCc1ccc(OCc2ccccc2)cc1. The van der Waals surface area contributed by atoms with E-state index in [1.807, 2.05) is 60.7 Å². The van der Waals surface area contributed by atoms with Crippen LogP contribution >= 0.6 is 0 Å². The molecule has 0 amide bonds. The summed E-state index contributed by atoms with van der Waals surface area (Å²) in [5.74, 6) is 1.17. The number of hydrogen-bond donors (Lipinski definition) is 0. The van der Waals surface area contributed by atoms with E-state index in [1.54, 1.807) is 0 Å². The summed E-state index contributed by atoms with van der Waals surface area (Å²) >= 11 is 0. The Hall–Kier alpha value is -2.87. The number of carbonyl (C=O) groups excluding carboxylic acids is 1. The molecule has 0 heterocycles. The van der Waals surface area contributed by atoms with Crippen LogP contribution in [0.2, 0.25) is 0 Å². The van der Waals surface area contributed by atoms with Gasteiger partial charge in [0.05, 0.1) is 0 Å². The van der Waals surface area contributed by atoms with Crippen LogP contribution < -0.4 is 4.74 Å². The normalized spacial score (nSPS) is 10.5. The number of Topliss-reactive ketones (excluding diaryl/α,β-unsaturated/α-hetero) is 1. The molecule has 3 aromatic carbocycles. The van der Waals surface area contributed by atoms with E-state index in [-0.39, 0.29) is 0 Å². The molecule has 0 aliphatic rings. The van der Waals surface area contributed by atoms with E-state index in [1.165, 1.54) is 11.1 Å². The highest BCUT2D eigenvalue weighted by Crippen LogP contribution is 2.16. The van der Waals surface area contributed by atoms with Crippen LogP contribution in [-0.2, 0) is 24.2 Å². The molecule has 0 unspecified atom stereocenters. The fourth-order valence-electron chi connectivity index (χ4n) is 2.83. The number of ketones is 1. The average molecular weight is 344 g/mol. The summed E-state index contributed by atoms with van der Waals surface area (Å²) < 4.78 is 5.79. The zero-order valence-corrected chi connectivity index (χ0v) is 14.9. The van der Waals surface area contributed by atoms with Gasteiger partial charge in [0, 0.05) is 12.8 Å². The Balaban J connectivity index is 1.40. The van der Waals surface area contributed by atoms with Crippen LogP contribution in [0.15, 0.2) is 84.9 Å². The third kappa shape index (κ3) is 5.89. The van der Waals surface area contributed by atoms with Crippen molar-refractivity contribution in [3.05, 3.63) is 102 Å². The van der Waals surface area contributed by atoms with E-state index in [9.17, 15) is 4.79 Å². The molecule has 0 aromatic heterocycles. The Morgan fingerprint density at radius 1 is 0.615 bits per heavy atom. The van der Waals surface area contributed by atoms with Crippen molar-refractivity contribution in [3.8, 4) is 5.75 Å². The molecule has 2 heteroatoms. The topological polar surface area (TPSA) is 26.3 Å². The summed E-state index contributed by atoms with van der Waals surface area (Å²) in [5.41, 5.74) is 3.55. The second-order valence-corrected chi connectivity index (χ2v) is 6.44. The summed E-state index contributed by atoms with van der Waals surface area (Å²) in [4.78, 5) is 12.1. The summed E-state index contributed by atoms with van der Waals surface area (Å²) in [7, 11) is 0. The van der Waals surface area contributed by atoms with Crippen LogP contribution in [0.5, 0.6) is 5.75 Å². The van der Waals surface area contributed by atoms with Crippen LogP contribution in [0.3, 0.4) is 0 Å². The van der Waals surface area contributed by atoms with Gasteiger partial charge in [-0.3, -0.25) is 4.79 Å². The molecule has 0 fully saturated rings. The summed E-state index contributed by atoms with van der Waals surface area (Å²) in [6.07, 6.45) is 2.82. The predicted molar refractivity (Wildman–Crippen MR) is 105 cm³/mol. The van der Waals surface area contributed by atoms with Gasteiger partial charge in [0.25, 0.3) is 0 Å². The molecule has 0 radical (unpaired) electrons. The van der Waals surface area contributed by atoms with Crippen molar-refractivity contribution in [2.75, 3.05) is 0 Å². The summed E-state index contributed by atoms with van der Waals surface area (Å²) in [5, 5.41) is 0. The number of rotatable bonds is 9. The molecule has 3 rings (SSSR count). The largest absolute Gasteiger partial charge is 0.489 e. The lowest BCUT2D eigenvalue weighted by Crippen LogP contribution is -2.02. The first-order chi connectivity index (χ1) is 12.8. The zero-order chi connectivity index (χ0) is 18.0. The van der Waals surface area contributed by atoms with Crippen molar-refractivity contribution in [1.82, 2.24) is 0 Å². The van der Waals surface area contributed by atoms with E-state index in [0.717, 1.165) is 24.2 Å². The molecule has 132 valence electrons. The lowest BCUT2D eigenvalue weighted by atomic mass is 10.0. The van der Waals surface area contributed by atoms with Gasteiger partial charge in [0.15, 0.2) is 0 Å². The molecule has 0 saturated carbocycles. The highest BCUT2D eigenvalue weighted by Gasteiger charge is 2.04. The van der Waals surface area contributed by atoms with Crippen molar-refractivity contribution < 1.29 is 9.53 Å². The van der Waals surface area contributed by atoms with Gasteiger partial charge in [0.2, 0.25) is 0 Å². The minimum Gasteiger partial charge on any atom is -0.489 e. The number of aryl methyl sites for hydroxylation is 2. The molecule has 2 nitrogen and oxygen atoms in total. The number of carbonyl (C=O) groups is 1. The van der Waals surface area contributed by atoms with Crippen LogP contribution in [-0.4, -0.2) is 5.78 Å². The summed E-state index contributed by atoms with van der Waals surface area (Å²) in [6.45, 7) is 0.568. The molecule has 0 aliphatic heterocycles. The van der Waals surface area contributed by atoms with E-state index in [4.69, 9.17) is 4.74 Å². The van der Waals surface area contributed by atoms with E-state index < -0.39 is 0 Å². The molecule has 0 bridgehead atoms. The Kier molecular flexibility index (Phi) is 6.60. The van der Waals surface area contributed by atoms with Gasteiger partial charge in [-0.2, -0.15) is 0 Å². The van der Waals surface area contributed by atoms with Crippen LogP contribution in [0.1, 0.15) is 29.5 Å². The monoisotopic (exact) mass is 344 g/mol. The van der Waals surface area contributed by atoms with Crippen LogP contribution in [0.4, 0.5) is 0 Å². The lowest BCUT2D eigenvalue weighted by molar-refractivity contribution is -0.119. The van der Waals surface area contributed by atoms with Gasteiger partial charge in [0.1, 0.15) is 18.1 Å². The van der Waals surface area contributed by atoms with Crippen molar-refractivity contribution >= 4 is 5.78 Å². The van der Waals surface area contributed by atoms with E-state index in [0.29, 0.717) is 25.2 Å². The van der Waals surface area contributed by atoms with Gasteiger partial charge in [-0.1, -0.05) is 72.8 Å². The highest BCUT2D eigenvalue weighted by atomic mass is 16.5. The Morgan fingerprint density at radius 3 is 1.69 bits per heavy atom. The van der Waals surface area contributed by atoms with Crippen molar-refractivity contribution in [1.29, 1.82) is 0 Å². The van der Waals surface area contributed by atoms with Crippen molar-refractivity contribution in [2.24, 2.45) is 0 Å². The molecule has 0 N–H and O–H groups in total. The Labute approximate surface area is 155 Å².